The van der Waals surface area contributed by atoms with Crippen LogP contribution in [0.5, 0.6) is 0 Å². The van der Waals surface area contributed by atoms with Crippen molar-refractivity contribution in [3.63, 3.8) is 0 Å². The van der Waals surface area contributed by atoms with Gasteiger partial charge in [0.15, 0.2) is 11.2 Å². The molecule has 0 amide bonds. The van der Waals surface area contributed by atoms with Crippen molar-refractivity contribution >= 4 is 37.6 Å². The van der Waals surface area contributed by atoms with Gasteiger partial charge in [-0.05, 0) is 23.9 Å². The second kappa shape index (κ2) is 6.30. The molecule has 30 heavy (non-hydrogen) atoms. The minimum Gasteiger partial charge on any atom is -0.328 e. The highest BCUT2D eigenvalue weighted by atomic mass is 32.2. The Morgan fingerprint density at radius 3 is 2.50 bits per heavy atom. The summed E-state index contributed by atoms with van der Waals surface area (Å²) in [5, 5.41) is 1.58. The second-order valence-electron chi connectivity index (χ2n) is 7.39. The van der Waals surface area contributed by atoms with Crippen molar-refractivity contribution in [2.24, 2.45) is 14.1 Å². The maximum atomic E-state index is 13.1. The summed E-state index contributed by atoms with van der Waals surface area (Å²) in [5.41, 5.74) is 0.394. The van der Waals surface area contributed by atoms with Crippen LogP contribution < -0.4 is 15.6 Å². The number of aryl methyl sites for hydroxylation is 2. The Labute approximate surface area is 171 Å². The van der Waals surface area contributed by atoms with Gasteiger partial charge in [-0.15, -0.1) is 0 Å². The summed E-state index contributed by atoms with van der Waals surface area (Å²) in [6, 6.07) is 10.7. The number of nitrogens with zero attached hydrogens (tertiary/aromatic N) is 5. The van der Waals surface area contributed by atoms with E-state index >= 15 is 0 Å². The summed E-state index contributed by atoms with van der Waals surface area (Å²) in [6.45, 7) is 0.264. The molecule has 1 aliphatic heterocycles. The van der Waals surface area contributed by atoms with Gasteiger partial charge in [0.25, 0.3) is 15.6 Å². The highest BCUT2D eigenvalue weighted by molar-refractivity contribution is 7.93. The minimum atomic E-state index is -3.67. The SMILES string of the molecule is Cn1cnc2c1c(=O)n(CCCN1c3cccc4cccc(c34)S1(=O)=O)c(=O)n2C. The molecule has 10 heteroatoms. The fraction of sp³-hybridized carbons (Fsp3) is 0.250. The van der Waals surface area contributed by atoms with Crippen LogP contribution in [-0.2, 0) is 30.7 Å². The van der Waals surface area contributed by atoms with Crippen molar-refractivity contribution in [1.29, 1.82) is 0 Å². The van der Waals surface area contributed by atoms with Crippen LogP contribution in [0.4, 0.5) is 5.69 Å². The summed E-state index contributed by atoms with van der Waals surface area (Å²) in [7, 11) is -0.405. The number of imidazole rings is 1. The largest absolute Gasteiger partial charge is 0.332 e. The van der Waals surface area contributed by atoms with Gasteiger partial charge in [0, 0.05) is 32.6 Å². The normalized spacial score (nSPS) is 14.8. The molecule has 1 aliphatic rings. The monoisotopic (exact) mass is 425 g/mol. The zero-order valence-corrected chi connectivity index (χ0v) is 17.3. The molecule has 2 aromatic carbocycles. The molecule has 9 nitrogen and oxygen atoms in total. The molecule has 0 fully saturated rings. The van der Waals surface area contributed by atoms with Gasteiger partial charge in [-0.25, -0.2) is 18.2 Å². The molecule has 0 saturated carbocycles. The van der Waals surface area contributed by atoms with E-state index in [1.165, 1.54) is 15.2 Å². The van der Waals surface area contributed by atoms with Crippen molar-refractivity contribution in [2.45, 2.75) is 17.9 Å². The number of fused-ring (bicyclic) bond motifs is 1. The van der Waals surface area contributed by atoms with Gasteiger partial charge < -0.3 is 4.57 Å². The molecule has 0 atom stereocenters. The van der Waals surface area contributed by atoms with E-state index in [9.17, 15) is 18.0 Å². The molecule has 0 bridgehead atoms. The number of aromatic nitrogens is 4. The van der Waals surface area contributed by atoms with Crippen LogP contribution in [0.2, 0.25) is 0 Å². The molecule has 0 spiro atoms. The molecule has 0 aliphatic carbocycles. The molecule has 0 N–H and O–H groups in total. The van der Waals surface area contributed by atoms with Gasteiger partial charge in [-0.2, -0.15) is 0 Å². The Balaban J connectivity index is 1.49. The minimum absolute atomic E-state index is 0.102. The smallest absolute Gasteiger partial charge is 0.328 e. The Morgan fingerprint density at radius 1 is 1.00 bits per heavy atom. The number of sulfonamides is 1. The third kappa shape index (κ3) is 2.40. The summed E-state index contributed by atoms with van der Waals surface area (Å²) in [6.07, 6.45) is 1.80. The average molecular weight is 425 g/mol. The maximum absolute atomic E-state index is 13.1. The Bertz CT molecular complexity index is 1560. The Morgan fingerprint density at radius 2 is 1.73 bits per heavy atom. The van der Waals surface area contributed by atoms with Crippen molar-refractivity contribution in [1.82, 2.24) is 18.7 Å². The zero-order chi connectivity index (χ0) is 21.2. The summed E-state index contributed by atoms with van der Waals surface area (Å²) in [5.74, 6) is 0. The lowest BCUT2D eigenvalue weighted by Crippen LogP contribution is -2.40. The standard InChI is InChI=1S/C20H19N5O4S/c1-22-12-21-18-17(22)19(26)24(20(27)23(18)2)10-5-11-25-14-8-3-6-13-7-4-9-15(16(13)14)30(25,28)29/h3-4,6-9,12H,5,10-11H2,1-2H3. The Hall–Kier alpha value is -3.40. The predicted molar refractivity (Wildman–Crippen MR) is 113 cm³/mol. The molecule has 0 unspecified atom stereocenters. The van der Waals surface area contributed by atoms with Crippen LogP contribution >= 0.6 is 0 Å². The van der Waals surface area contributed by atoms with Crippen molar-refractivity contribution in [3.05, 3.63) is 63.6 Å². The van der Waals surface area contributed by atoms with E-state index in [2.05, 4.69) is 4.98 Å². The molecule has 0 radical (unpaired) electrons. The van der Waals surface area contributed by atoms with E-state index in [1.54, 1.807) is 36.9 Å². The molecule has 4 aromatic rings. The van der Waals surface area contributed by atoms with Gasteiger partial charge in [-0.3, -0.25) is 18.2 Å². The number of hydrogen-bond donors (Lipinski definition) is 0. The first-order valence-corrected chi connectivity index (χ1v) is 10.9. The lowest BCUT2D eigenvalue weighted by atomic mass is 10.1. The molecule has 3 heterocycles. The van der Waals surface area contributed by atoms with Gasteiger partial charge >= 0.3 is 5.69 Å². The molecule has 2 aromatic heterocycles. The first-order chi connectivity index (χ1) is 14.3. The average Bonchev–Trinajstić information content (AvgIpc) is 3.21. The van der Waals surface area contributed by atoms with Crippen LogP contribution in [0.25, 0.3) is 21.9 Å². The Kier molecular flexibility index (Phi) is 3.91. The predicted octanol–water partition coefficient (Wildman–Crippen LogP) is 1.19. The lowest BCUT2D eigenvalue weighted by molar-refractivity contribution is 0.566. The second-order valence-corrected chi connectivity index (χ2v) is 9.22. The fourth-order valence-electron chi connectivity index (χ4n) is 4.16. The molecule has 0 saturated heterocycles. The van der Waals surface area contributed by atoms with E-state index in [-0.39, 0.29) is 13.1 Å². The number of hydrogen-bond acceptors (Lipinski definition) is 5. The first kappa shape index (κ1) is 18.6. The van der Waals surface area contributed by atoms with E-state index in [0.29, 0.717) is 33.6 Å². The molecule has 154 valence electrons. The van der Waals surface area contributed by atoms with Crippen LogP contribution in [0.15, 0.2) is 57.2 Å². The third-order valence-electron chi connectivity index (χ3n) is 5.63. The molecule has 5 rings (SSSR count). The first-order valence-electron chi connectivity index (χ1n) is 9.47. The summed E-state index contributed by atoms with van der Waals surface area (Å²) < 4.78 is 31.5. The van der Waals surface area contributed by atoms with E-state index in [4.69, 9.17) is 0 Å². The van der Waals surface area contributed by atoms with E-state index in [1.807, 2.05) is 18.2 Å². The van der Waals surface area contributed by atoms with Crippen molar-refractivity contribution in [2.75, 3.05) is 10.8 Å². The van der Waals surface area contributed by atoms with Gasteiger partial charge in [0.2, 0.25) is 0 Å². The maximum Gasteiger partial charge on any atom is 0.332 e. The quantitative estimate of drug-likeness (QED) is 0.489. The summed E-state index contributed by atoms with van der Waals surface area (Å²) in [4.78, 5) is 29.9. The molecular formula is C20H19N5O4S. The van der Waals surface area contributed by atoms with E-state index < -0.39 is 21.3 Å². The van der Waals surface area contributed by atoms with Crippen LogP contribution in [0, 0.1) is 0 Å². The fourth-order valence-corrected chi connectivity index (χ4v) is 5.91. The molecular weight excluding hydrogens is 406 g/mol. The van der Waals surface area contributed by atoms with Crippen LogP contribution in [-0.4, -0.2) is 33.6 Å². The van der Waals surface area contributed by atoms with Gasteiger partial charge in [0.1, 0.15) is 0 Å². The highest BCUT2D eigenvalue weighted by Crippen LogP contribution is 2.41. The topological polar surface area (TPSA) is 99.2 Å². The van der Waals surface area contributed by atoms with Gasteiger partial charge in [-0.1, -0.05) is 24.3 Å². The van der Waals surface area contributed by atoms with Crippen LogP contribution in [0.1, 0.15) is 6.42 Å². The van der Waals surface area contributed by atoms with Crippen molar-refractivity contribution < 1.29 is 8.42 Å². The lowest BCUT2D eigenvalue weighted by Gasteiger charge is -2.19. The van der Waals surface area contributed by atoms with Gasteiger partial charge in [0.05, 0.1) is 16.9 Å². The third-order valence-corrected chi connectivity index (χ3v) is 7.48. The van der Waals surface area contributed by atoms with Crippen LogP contribution in [0.3, 0.4) is 0 Å². The van der Waals surface area contributed by atoms with Crippen molar-refractivity contribution in [3.8, 4) is 0 Å². The number of anilines is 1. The zero-order valence-electron chi connectivity index (χ0n) is 16.4. The van der Waals surface area contributed by atoms with E-state index in [0.717, 1.165) is 9.95 Å². The highest BCUT2D eigenvalue weighted by Gasteiger charge is 2.35. The number of rotatable bonds is 4. The summed E-state index contributed by atoms with van der Waals surface area (Å²) >= 11 is 0. The number of benzene rings is 2.